The van der Waals surface area contributed by atoms with E-state index in [1.165, 1.54) is 4.90 Å². The van der Waals surface area contributed by atoms with Crippen molar-refractivity contribution in [2.24, 2.45) is 0 Å². The molecule has 0 aromatic rings. The number of hydrogen-bond acceptors (Lipinski definition) is 5. The van der Waals surface area contributed by atoms with Crippen LogP contribution in [0.2, 0.25) is 0 Å². The average molecular weight is 302 g/mol. The maximum Gasteiger partial charge on any atom is 0.326 e. The van der Waals surface area contributed by atoms with E-state index in [0.29, 0.717) is 6.54 Å². The number of carbonyl (C=O) groups is 3. The van der Waals surface area contributed by atoms with Gasteiger partial charge >= 0.3 is 18.0 Å². The Morgan fingerprint density at radius 1 is 1.33 bits per heavy atom. The van der Waals surface area contributed by atoms with Gasteiger partial charge in [-0.25, -0.2) is 9.59 Å². The lowest BCUT2D eigenvalue weighted by Crippen LogP contribution is -2.48. The molecule has 2 N–H and O–H groups in total. The number of aliphatic hydroxyl groups excluding tert-OH is 1. The molecule has 0 radical (unpaired) electrons. The molecule has 2 amide bonds. The summed E-state index contributed by atoms with van der Waals surface area (Å²) < 4.78 is 4.79. The topological polar surface area (TPSA) is 107 Å². The number of likely N-dealkylation sites (tertiary alicyclic amines) is 1. The van der Waals surface area contributed by atoms with Gasteiger partial charge in [0.15, 0.2) is 0 Å². The lowest BCUT2D eigenvalue weighted by molar-refractivity contribution is -0.144. The predicted octanol–water partition coefficient (Wildman–Crippen LogP) is -0.0987. The van der Waals surface area contributed by atoms with Crippen molar-refractivity contribution in [2.45, 2.75) is 38.8 Å². The van der Waals surface area contributed by atoms with Gasteiger partial charge in [-0.05, 0) is 13.8 Å². The van der Waals surface area contributed by atoms with E-state index < -0.39 is 30.1 Å². The maximum absolute atomic E-state index is 12.3. The zero-order valence-corrected chi connectivity index (χ0v) is 12.3. The number of amides is 2. The molecule has 2 atom stereocenters. The molecule has 120 valence electrons. The lowest BCUT2D eigenvalue weighted by Gasteiger charge is -2.29. The number of esters is 1. The molecule has 0 aromatic carbocycles. The molecule has 8 nitrogen and oxygen atoms in total. The Bertz CT molecular complexity index is 400. The van der Waals surface area contributed by atoms with E-state index in [0.717, 1.165) is 4.90 Å². The largest absolute Gasteiger partial charge is 0.480 e. The van der Waals surface area contributed by atoms with E-state index in [1.807, 2.05) is 0 Å². The van der Waals surface area contributed by atoms with Gasteiger partial charge in [-0.1, -0.05) is 0 Å². The number of aliphatic hydroxyl groups is 1. The molecule has 8 heteroatoms. The highest BCUT2D eigenvalue weighted by Crippen LogP contribution is 2.20. The van der Waals surface area contributed by atoms with Gasteiger partial charge in [0.25, 0.3) is 0 Å². The molecule has 1 fully saturated rings. The minimum atomic E-state index is -1.14. The summed E-state index contributed by atoms with van der Waals surface area (Å²) in [6.45, 7) is 4.21. The van der Waals surface area contributed by atoms with Crippen LogP contribution in [0, 0.1) is 0 Å². The second-order valence-electron chi connectivity index (χ2n) is 4.81. The summed E-state index contributed by atoms with van der Waals surface area (Å²) in [6.07, 6.45) is -0.753. The lowest BCUT2D eigenvalue weighted by atomic mass is 10.2. The van der Waals surface area contributed by atoms with Crippen molar-refractivity contribution < 1.29 is 29.3 Å². The van der Waals surface area contributed by atoms with Crippen LogP contribution in [0.3, 0.4) is 0 Å². The number of carbonyl (C=O) groups excluding carboxylic acids is 2. The quantitative estimate of drug-likeness (QED) is 0.664. The first-order chi connectivity index (χ1) is 9.90. The molecule has 1 rings (SSSR count). The van der Waals surface area contributed by atoms with Crippen molar-refractivity contribution >= 4 is 18.0 Å². The first kappa shape index (κ1) is 17.2. The van der Waals surface area contributed by atoms with Crippen molar-refractivity contribution in [2.75, 3.05) is 26.2 Å². The molecule has 0 aromatic heterocycles. The normalized spacial score (nSPS) is 21.2. The summed E-state index contributed by atoms with van der Waals surface area (Å²) in [4.78, 5) is 37.3. The summed E-state index contributed by atoms with van der Waals surface area (Å²) in [5.74, 6) is -1.54. The van der Waals surface area contributed by atoms with E-state index in [4.69, 9.17) is 9.84 Å². The number of rotatable bonds is 6. The number of aliphatic carboxylic acids is 1. The van der Waals surface area contributed by atoms with E-state index >= 15 is 0 Å². The second kappa shape index (κ2) is 7.82. The standard InChI is InChI=1S/C13H22N2O6/c1-3-14(6-5-11(17)21-4-2)13(20)15-8-9(16)7-10(15)12(18)19/h9-10,16H,3-8H2,1-2H3,(H,18,19)/t9?,10-/m0/s1. The summed E-state index contributed by atoms with van der Waals surface area (Å²) in [5.41, 5.74) is 0. The Morgan fingerprint density at radius 3 is 2.52 bits per heavy atom. The highest BCUT2D eigenvalue weighted by molar-refractivity contribution is 5.83. The van der Waals surface area contributed by atoms with Crippen LogP contribution in [0.5, 0.6) is 0 Å². The molecule has 1 aliphatic heterocycles. The van der Waals surface area contributed by atoms with E-state index in [2.05, 4.69) is 0 Å². The molecule has 0 aliphatic carbocycles. The molecule has 0 bridgehead atoms. The Balaban J connectivity index is 2.65. The van der Waals surface area contributed by atoms with E-state index in [9.17, 15) is 19.5 Å². The monoisotopic (exact) mass is 302 g/mol. The van der Waals surface area contributed by atoms with Crippen molar-refractivity contribution in [3.05, 3.63) is 0 Å². The fraction of sp³-hybridized carbons (Fsp3) is 0.769. The van der Waals surface area contributed by atoms with Crippen molar-refractivity contribution in [1.29, 1.82) is 0 Å². The van der Waals surface area contributed by atoms with Gasteiger partial charge in [-0.2, -0.15) is 0 Å². The fourth-order valence-electron chi connectivity index (χ4n) is 2.29. The van der Waals surface area contributed by atoms with Crippen LogP contribution in [0.25, 0.3) is 0 Å². The third kappa shape index (κ3) is 4.59. The maximum atomic E-state index is 12.3. The smallest absolute Gasteiger partial charge is 0.326 e. The molecule has 1 saturated heterocycles. The predicted molar refractivity (Wildman–Crippen MR) is 72.6 cm³/mol. The van der Waals surface area contributed by atoms with Crippen LogP contribution in [0.4, 0.5) is 4.79 Å². The number of β-amino-alcohol motifs (C(OH)–C–C–N with tert-alkyl or cyclic N) is 1. The van der Waals surface area contributed by atoms with Gasteiger partial charge in [0, 0.05) is 26.1 Å². The van der Waals surface area contributed by atoms with Crippen LogP contribution in [0.15, 0.2) is 0 Å². The molecule has 1 unspecified atom stereocenters. The minimum Gasteiger partial charge on any atom is -0.480 e. The molecule has 0 spiro atoms. The molecule has 1 aliphatic rings. The number of urea groups is 1. The van der Waals surface area contributed by atoms with Gasteiger partial charge < -0.3 is 24.7 Å². The van der Waals surface area contributed by atoms with Crippen molar-refractivity contribution in [3.63, 3.8) is 0 Å². The third-order valence-electron chi connectivity index (χ3n) is 3.35. The summed E-state index contributed by atoms with van der Waals surface area (Å²) in [6, 6.07) is -1.50. The number of carboxylic acids is 1. The summed E-state index contributed by atoms with van der Waals surface area (Å²) in [7, 11) is 0. The number of carboxylic acid groups (broad SMARTS) is 1. The Hall–Kier alpha value is -1.83. The van der Waals surface area contributed by atoms with E-state index in [-0.39, 0.29) is 32.5 Å². The number of hydrogen-bond donors (Lipinski definition) is 2. The van der Waals surface area contributed by atoms with Crippen LogP contribution in [-0.2, 0) is 14.3 Å². The Labute approximate surface area is 123 Å². The second-order valence-corrected chi connectivity index (χ2v) is 4.81. The molecule has 1 heterocycles. The Morgan fingerprint density at radius 2 is 2.00 bits per heavy atom. The highest BCUT2D eigenvalue weighted by Gasteiger charge is 2.40. The van der Waals surface area contributed by atoms with Gasteiger partial charge in [0.05, 0.1) is 19.1 Å². The molecule has 21 heavy (non-hydrogen) atoms. The molecular formula is C13H22N2O6. The highest BCUT2D eigenvalue weighted by atomic mass is 16.5. The van der Waals surface area contributed by atoms with Crippen molar-refractivity contribution in [3.8, 4) is 0 Å². The summed E-state index contributed by atoms with van der Waals surface area (Å²) in [5, 5.41) is 18.7. The number of ether oxygens (including phenoxy) is 1. The zero-order valence-electron chi connectivity index (χ0n) is 12.3. The van der Waals surface area contributed by atoms with Crippen LogP contribution in [0.1, 0.15) is 26.7 Å². The van der Waals surface area contributed by atoms with E-state index in [1.54, 1.807) is 13.8 Å². The minimum absolute atomic E-state index is 0.00823. The first-order valence-electron chi connectivity index (χ1n) is 7.02. The third-order valence-corrected chi connectivity index (χ3v) is 3.35. The first-order valence-corrected chi connectivity index (χ1v) is 7.02. The van der Waals surface area contributed by atoms with Gasteiger partial charge in [-0.3, -0.25) is 4.79 Å². The molecule has 0 saturated carbocycles. The number of nitrogens with zero attached hydrogens (tertiary/aromatic N) is 2. The average Bonchev–Trinajstić information content (AvgIpc) is 2.82. The zero-order chi connectivity index (χ0) is 16.0. The van der Waals surface area contributed by atoms with Gasteiger partial charge in [-0.15, -0.1) is 0 Å². The van der Waals surface area contributed by atoms with Crippen LogP contribution in [-0.4, -0.2) is 76.4 Å². The summed E-state index contributed by atoms with van der Waals surface area (Å²) >= 11 is 0. The molecular weight excluding hydrogens is 280 g/mol. The Kier molecular flexibility index (Phi) is 6.41. The van der Waals surface area contributed by atoms with Crippen molar-refractivity contribution in [1.82, 2.24) is 9.80 Å². The van der Waals surface area contributed by atoms with Gasteiger partial charge in [0.1, 0.15) is 6.04 Å². The fourth-order valence-corrected chi connectivity index (χ4v) is 2.29. The van der Waals surface area contributed by atoms with Crippen LogP contribution < -0.4 is 0 Å². The van der Waals surface area contributed by atoms with Gasteiger partial charge in [0.2, 0.25) is 0 Å². The van der Waals surface area contributed by atoms with Crippen LogP contribution >= 0.6 is 0 Å². The SMILES string of the molecule is CCOC(=O)CCN(CC)C(=O)N1CC(O)C[C@H]1C(=O)O.